The van der Waals surface area contributed by atoms with Gasteiger partial charge in [0.05, 0.1) is 17.4 Å². The summed E-state index contributed by atoms with van der Waals surface area (Å²) >= 11 is 0. The van der Waals surface area contributed by atoms with Gasteiger partial charge < -0.3 is 14.4 Å². The van der Waals surface area contributed by atoms with Crippen LogP contribution >= 0.6 is 0 Å². The highest BCUT2D eigenvalue weighted by molar-refractivity contribution is 6.05. The summed E-state index contributed by atoms with van der Waals surface area (Å²) in [5.41, 5.74) is 13.7. The van der Waals surface area contributed by atoms with Gasteiger partial charge in [0, 0.05) is 34.9 Å². The topological polar surface area (TPSA) is 21.7 Å². The largest absolute Gasteiger partial charge is 0.480 e. The Morgan fingerprint density at radius 2 is 1.64 bits per heavy atom. The van der Waals surface area contributed by atoms with E-state index in [1.54, 1.807) is 0 Å². The molecule has 10 rings (SSSR count). The molecule has 2 aliphatic carbocycles. The molecule has 3 heteroatoms. The second-order valence-corrected chi connectivity index (χ2v) is 14.7. The molecule has 0 saturated heterocycles. The lowest BCUT2D eigenvalue weighted by atomic mass is 9.79. The zero-order chi connectivity index (χ0) is 30.2. The second kappa shape index (κ2) is 8.48. The molecule has 4 atom stereocenters. The highest BCUT2D eigenvalue weighted by Gasteiger charge is 2.54. The first-order valence-electron chi connectivity index (χ1n) is 16.3. The van der Waals surface area contributed by atoms with Crippen LogP contribution in [0.1, 0.15) is 78.5 Å². The van der Waals surface area contributed by atoms with Crippen LogP contribution in [0.15, 0.2) is 109 Å². The SMILES string of the molecule is CC(C)(C)c1ccc(C2=CC3c4ccc5c(c4N4c6c(ccc7c6Oc6ccccc6C7)C(=C2)C34)OC2(C)C=CC=CC52)cc1. The van der Waals surface area contributed by atoms with Crippen molar-refractivity contribution < 1.29 is 9.47 Å². The van der Waals surface area contributed by atoms with Gasteiger partial charge in [-0.05, 0) is 64.0 Å². The maximum absolute atomic E-state index is 7.01. The normalized spacial score (nSPS) is 25.5. The number of benzene rings is 4. The second-order valence-electron chi connectivity index (χ2n) is 14.7. The molecule has 0 radical (unpaired) electrons. The van der Waals surface area contributed by atoms with Gasteiger partial charge in [-0.3, -0.25) is 0 Å². The number of para-hydroxylation sites is 1. The van der Waals surface area contributed by atoms with Crippen LogP contribution in [0.25, 0.3) is 11.1 Å². The monoisotopic (exact) mass is 585 g/mol. The fourth-order valence-corrected chi connectivity index (χ4v) is 8.63. The number of allylic oxidation sites excluding steroid dienone is 4. The third kappa shape index (κ3) is 3.36. The number of hydrogen-bond acceptors (Lipinski definition) is 3. The van der Waals surface area contributed by atoms with E-state index >= 15 is 0 Å². The van der Waals surface area contributed by atoms with Crippen LogP contribution < -0.4 is 14.4 Å². The van der Waals surface area contributed by atoms with Crippen molar-refractivity contribution in [3.8, 4) is 17.2 Å². The quantitative estimate of drug-likeness (QED) is 0.195. The summed E-state index contributed by atoms with van der Waals surface area (Å²) in [4.78, 5) is 2.58. The van der Waals surface area contributed by atoms with Crippen molar-refractivity contribution >= 4 is 22.5 Å². The summed E-state index contributed by atoms with van der Waals surface area (Å²) < 4.78 is 13.8. The van der Waals surface area contributed by atoms with Crippen molar-refractivity contribution in [2.75, 3.05) is 4.90 Å². The molecule has 0 N–H and O–H groups in total. The predicted octanol–water partition coefficient (Wildman–Crippen LogP) is 10.1. The number of hydrogen-bond donors (Lipinski definition) is 0. The van der Waals surface area contributed by atoms with Gasteiger partial charge in [0.1, 0.15) is 17.1 Å². The molecule has 0 saturated carbocycles. The van der Waals surface area contributed by atoms with Crippen molar-refractivity contribution in [2.45, 2.75) is 63.0 Å². The molecule has 0 aromatic heterocycles. The summed E-state index contributed by atoms with van der Waals surface area (Å²) in [6.07, 6.45) is 14.6. The third-order valence-electron chi connectivity index (χ3n) is 10.9. The Bertz CT molecular complexity index is 2100. The summed E-state index contributed by atoms with van der Waals surface area (Å²) in [5, 5.41) is 0. The standard InChI is InChI=1S/C42H35NO2/c1-41(2,3)28-15-12-24(13-16-28)27-22-32-29-17-14-26-21-25-9-5-6-11-35(25)44-39(26)37(29)43-36(32)33(23-27)30-18-19-31-34-10-7-8-20-42(34,4)45-40(31)38(30)43/h5-20,22-23,33-34,36H,21H2,1-4H3. The summed E-state index contributed by atoms with van der Waals surface area (Å²) in [6, 6.07) is 27.2. The average Bonchev–Trinajstić information content (AvgIpc) is 3.66. The van der Waals surface area contributed by atoms with Crippen LogP contribution in [0.5, 0.6) is 17.2 Å². The van der Waals surface area contributed by atoms with Gasteiger partial charge in [-0.2, -0.15) is 0 Å². The third-order valence-corrected chi connectivity index (χ3v) is 10.9. The Labute approximate surface area is 264 Å². The van der Waals surface area contributed by atoms with Gasteiger partial charge in [0.15, 0.2) is 5.75 Å². The van der Waals surface area contributed by atoms with Crippen molar-refractivity contribution in [3.63, 3.8) is 0 Å². The van der Waals surface area contributed by atoms with Gasteiger partial charge in [0.2, 0.25) is 0 Å². The molecular weight excluding hydrogens is 550 g/mol. The molecular formula is C42H35NO2. The fourth-order valence-electron chi connectivity index (χ4n) is 8.63. The molecule has 0 bridgehead atoms. The van der Waals surface area contributed by atoms with Crippen LogP contribution in [0.2, 0.25) is 0 Å². The molecule has 0 fully saturated rings. The Morgan fingerprint density at radius 1 is 0.822 bits per heavy atom. The Balaban J connectivity index is 1.20. The number of ether oxygens (including phenoxy) is 2. The predicted molar refractivity (Wildman–Crippen MR) is 182 cm³/mol. The fraction of sp³-hybridized carbons (Fsp3) is 0.238. The minimum Gasteiger partial charge on any atom is -0.480 e. The molecule has 6 aliphatic rings. The zero-order valence-corrected chi connectivity index (χ0v) is 26.1. The number of fused-ring (bicyclic) bond motifs is 13. The van der Waals surface area contributed by atoms with E-state index in [0.29, 0.717) is 0 Å². The van der Waals surface area contributed by atoms with Crippen LogP contribution in [0.4, 0.5) is 11.4 Å². The lowest BCUT2D eigenvalue weighted by molar-refractivity contribution is 0.156. The van der Waals surface area contributed by atoms with Crippen molar-refractivity contribution in [2.24, 2.45) is 0 Å². The first-order valence-corrected chi connectivity index (χ1v) is 16.3. The lowest BCUT2D eigenvalue weighted by Crippen LogP contribution is -2.32. The van der Waals surface area contributed by atoms with E-state index in [1.165, 1.54) is 61.5 Å². The van der Waals surface area contributed by atoms with Gasteiger partial charge in [0.25, 0.3) is 0 Å². The Hall–Kier alpha value is -4.76. The molecule has 0 spiro atoms. The summed E-state index contributed by atoms with van der Waals surface area (Å²) in [5.74, 6) is 3.37. The van der Waals surface area contributed by atoms with E-state index in [2.05, 4.69) is 142 Å². The molecule has 4 heterocycles. The Kier molecular flexibility index (Phi) is 4.82. The highest BCUT2D eigenvalue weighted by Crippen LogP contribution is 2.67. The zero-order valence-electron chi connectivity index (χ0n) is 26.1. The van der Waals surface area contributed by atoms with Crippen LogP contribution in [-0.2, 0) is 11.8 Å². The molecule has 3 nitrogen and oxygen atoms in total. The van der Waals surface area contributed by atoms with Crippen molar-refractivity contribution in [1.82, 2.24) is 0 Å². The first kappa shape index (κ1) is 25.6. The summed E-state index contributed by atoms with van der Waals surface area (Å²) in [6.45, 7) is 9.05. The van der Waals surface area contributed by atoms with Crippen LogP contribution in [-0.4, -0.2) is 11.6 Å². The van der Waals surface area contributed by atoms with Gasteiger partial charge in [-0.1, -0.05) is 112 Å². The van der Waals surface area contributed by atoms with Crippen LogP contribution in [0.3, 0.4) is 0 Å². The van der Waals surface area contributed by atoms with E-state index in [1.807, 2.05) is 0 Å². The molecule has 4 aromatic carbocycles. The molecule has 45 heavy (non-hydrogen) atoms. The summed E-state index contributed by atoms with van der Waals surface area (Å²) in [7, 11) is 0. The maximum Gasteiger partial charge on any atom is 0.155 e. The van der Waals surface area contributed by atoms with Gasteiger partial charge in [-0.15, -0.1) is 0 Å². The van der Waals surface area contributed by atoms with E-state index in [0.717, 1.165) is 23.7 Å². The molecule has 220 valence electrons. The van der Waals surface area contributed by atoms with Crippen LogP contribution in [0, 0.1) is 0 Å². The highest BCUT2D eigenvalue weighted by atomic mass is 16.5. The minimum absolute atomic E-state index is 0.120. The van der Waals surface area contributed by atoms with E-state index < -0.39 is 0 Å². The smallest absolute Gasteiger partial charge is 0.155 e. The minimum atomic E-state index is -0.386. The van der Waals surface area contributed by atoms with Crippen molar-refractivity contribution in [1.29, 1.82) is 0 Å². The molecule has 4 aliphatic heterocycles. The molecule has 4 unspecified atom stereocenters. The lowest BCUT2D eigenvalue weighted by Gasteiger charge is -2.30. The first-order chi connectivity index (χ1) is 21.8. The van der Waals surface area contributed by atoms with E-state index in [4.69, 9.17) is 9.47 Å². The number of anilines is 2. The van der Waals surface area contributed by atoms with Gasteiger partial charge >= 0.3 is 0 Å². The van der Waals surface area contributed by atoms with Gasteiger partial charge in [-0.25, -0.2) is 0 Å². The van der Waals surface area contributed by atoms with Crippen molar-refractivity contribution in [3.05, 3.63) is 148 Å². The maximum atomic E-state index is 7.01. The Morgan fingerprint density at radius 3 is 2.49 bits per heavy atom. The van der Waals surface area contributed by atoms with E-state index in [-0.39, 0.29) is 28.9 Å². The average molecular weight is 586 g/mol. The number of nitrogens with zero attached hydrogens (tertiary/aromatic N) is 1. The van der Waals surface area contributed by atoms with E-state index in [9.17, 15) is 0 Å². The number of rotatable bonds is 1. The molecule has 4 aromatic rings. The molecule has 0 amide bonds.